The quantitative estimate of drug-likeness (QED) is 0.684. The van der Waals surface area contributed by atoms with Crippen LogP contribution in [-0.4, -0.2) is 37.1 Å². The van der Waals surface area contributed by atoms with Gasteiger partial charge in [-0.15, -0.1) is 0 Å². The number of aliphatic carboxylic acids is 1. The van der Waals surface area contributed by atoms with Gasteiger partial charge in [0.1, 0.15) is 17.5 Å². The Labute approximate surface area is 133 Å². The van der Waals surface area contributed by atoms with Gasteiger partial charge >= 0.3 is 5.97 Å². The van der Waals surface area contributed by atoms with E-state index in [2.05, 4.69) is 25.3 Å². The predicted octanol–water partition coefficient (Wildman–Crippen LogP) is 2.93. The lowest BCUT2D eigenvalue weighted by atomic mass is 10.2. The van der Waals surface area contributed by atoms with Crippen molar-refractivity contribution in [2.45, 2.75) is 26.8 Å². The molecule has 0 bridgehead atoms. The third-order valence-electron chi connectivity index (χ3n) is 3.08. The third kappa shape index (κ3) is 3.63. The molecule has 0 saturated heterocycles. The van der Waals surface area contributed by atoms with Gasteiger partial charge in [-0.2, -0.15) is 0 Å². The van der Waals surface area contributed by atoms with Crippen molar-refractivity contribution < 1.29 is 9.90 Å². The lowest BCUT2D eigenvalue weighted by molar-refractivity contribution is -0.137. The van der Waals surface area contributed by atoms with Crippen LogP contribution in [0.4, 0.5) is 5.82 Å². The molecule has 3 N–H and O–H groups in total. The molecule has 0 unspecified atom stereocenters. The average Bonchev–Trinajstić information content (AvgIpc) is 3.01. The molecule has 3 aromatic rings. The fraction of sp³-hybridized carbons (Fsp3) is 0.250. The molecule has 0 aromatic carbocycles. The van der Waals surface area contributed by atoms with Crippen molar-refractivity contribution in [1.82, 2.24) is 19.9 Å². The van der Waals surface area contributed by atoms with Crippen molar-refractivity contribution in [2.75, 3.05) is 5.32 Å². The molecule has 0 saturated carbocycles. The van der Waals surface area contributed by atoms with Gasteiger partial charge < -0.3 is 15.4 Å². The summed E-state index contributed by atoms with van der Waals surface area (Å²) in [4.78, 5) is 26.7. The summed E-state index contributed by atoms with van der Waals surface area (Å²) in [7, 11) is 0. The monoisotopic (exact) mass is 313 g/mol. The third-order valence-corrected chi connectivity index (χ3v) is 3.08. The smallest absolute Gasteiger partial charge is 0.325 e. The largest absolute Gasteiger partial charge is 0.480 e. The van der Waals surface area contributed by atoms with Crippen LogP contribution in [0.15, 0.2) is 36.8 Å². The highest BCUT2D eigenvalue weighted by Gasteiger charge is 2.13. The molecule has 1 atom stereocenters. The van der Waals surface area contributed by atoms with Crippen LogP contribution in [0.3, 0.4) is 0 Å². The number of rotatable bonds is 4. The zero-order chi connectivity index (χ0) is 16.8. The molecule has 0 aliphatic rings. The van der Waals surface area contributed by atoms with E-state index in [9.17, 15) is 4.79 Å². The molecule has 7 heteroatoms. The molecule has 0 spiro atoms. The van der Waals surface area contributed by atoms with E-state index in [1.54, 1.807) is 31.6 Å². The second-order valence-corrected chi connectivity index (χ2v) is 4.57. The average molecular weight is 313 g/mol. The van der Waals surface area contributed by atoms with Crippen molar-refractivity contribution >= 4 is 22.8 Å². The van der Waals surface area contributed by atoms with Crippen LogP contribution < -0.4 is 5.32 Å². The molecule has 3 rings (SSSR count). The normalized spacial score (nSPS) is 11.4. The summed E-state index contributed by atoms with van der Waals surface area (Å²) in [6, 6.07) is 4.68. The Morgan fingerprint density at radius 3 is 2.78 bits per heavy atom. The van der Waals surface area contributed by atoms with Gasteiger partial charge in [0.15, 0.2) is 5.82 Å². The molecule has 0 amide bonds. The number of nitrogens with one attached hydrogen (secondary N) is 2. The van der Waals surface area contributed by atoms with Gasteiger partial charge in [0.25, 0.3) is 0 Å². The second-order valence-electron chi connectivity index (χ2n) is 4.57. The Bertz CT molecular complexity index is 800. The Hall–Kier alpha value is -2.96. The first-order valence-corrected chi connectivity index (χ1v) is 7.40. The molecular weight excluding hydrogens is 294 g/mol. The van der Waals surface area contributed by atoms with Gasteiger partial charge in [-0.05, 0) is 25.1 Å². The predicted molar refractivity (Wildman–Crippen MR) is 89.2 cm³/mol. The Morgan fingerprint density at radius 2 is 2.04 bits per heavy atom. The summed E-state index contributed by atoms with van der Waals surface area (Å²) >= 11 is 0. The highest BCUT2D eigenvalue weighted by molar-refractivity contribution is 5.91. The first-order valence-electron chi connectivity index (χ1n) is 7.40. The van der Waals surface area contributed by atoms with Gasteiger partial charge in [-0.1, -0.05) is 13.8 Å². The molecule has 0 fully saturated rings. The van der Waals surface area contributed by atoms with E-state index in [1.807, 2.05) is 26.0 Å². The van der Waals surface area contributed by atoms with Crippen molar-refractivity contribution in [2.24, 2.45) is 0 Å². The molecule has 120 valence electrons. The molecule has 0 aliphatic carbocycles. The van der Waals surface area contributed by atoms with Crippen LogP contribution in [0.5, 0.6) is 0 Å². The highest BCUT2D eigenvalue weighted by atomic mass is 16.4. The summed E-state index contributed by atoms with van der Waals surface area (Å²) in [6.07, 6.45) is 5.09. The number of nitrogens with zero attached hydrogens (tertiary/aromatic N) is 3. The number of aromatic nitrogens is 4. The maximum atomic E-state index is 10.9. The van der Waals surface area contributed by atoms with Crippen LogP contribution in [-0.2, 0) is 4.79 Å². The topological polar surface area (TPSA) is 104 Å². The number of carboxylic acid groups (broad SMARTS) is 1. The van der Waals surface area contributed by atoms with Crippen LogP contribution >= 0.6 is 0 Å². The minimum absolute atomic E-state index is 0.466. The van der Waals surface area contributed by atoms with E-state index in [1.165, 1.54) is 0 Å². The fourth-order valence-corrected chi connectivity index (χ4v) is 1.99. The van der Waals surface area contributed by atoms with Crippen molar-refractivity contribution in [3.8, 4) is 11.4 Å². The number of hydrogen-bond donors (Lipinski definition) is 3. The van der Waals surface area contributed by atoms with Crippen LogP contribution in [0.2, 0.25) is 0 Å². The minimum Gasteiger partial charge on any atom is -0.480 e. The van der Waals surface area contributed by atoms with Crippen LogP contribution in [0.1, 0.15) is 20.8 Å². The zero-order valence-corrected chi connectivity index (χ0v) is 13.2. The Balaban J connectivity index is 0.000000924. The van der Waals surface area contributed by atoms with E-state index >= 15 is 0 Å². The SMILES string of the molecule is CC.C[C@H](Nc1ccnc(-c2c[nH]c3ncccc23)n1)C(=O)O. The van der Waals surface area contributed by atoms with E-state index in [-0.39, 0.29) is 0 Å². The molecule has 3 aromatic heterocycles. The minimum atomic E-state index is -0.938. The first kappa shape index (κ1) is 16.4. The van der Waals surface area contributed by atoms with Gasteiger partial charge in [-0.25, -0.2) is 15.0 Å². The van der Waals surface area contributed by atoms with E-state index in [4.69, 9.17) is 5.11 Å². The van der Waals surface area contributed by atoms with Gasteiger partial charge in [-0.3, -0.25) is 4.79 Å². The summed E-state index contributed by atoms with van der Waals surface area (Å²) in [6.45, 7) is 5.56. The van der Waals surface area contributed by atoms with Gasteiger partial charge in [0, 0.05) is 29.5 Å². The maximum absolute atomic E-state index is 10.9. The first-order chi connectivity index (χ1) is 11.1. The number of fused-ring (bicyclic) bond motifs is 1. The van der Waals surface area contributed by atoms with E-state index in [0.29, 0.717) is 11.6 Å². The molecule has 23 heavy (non-hydrogen) atoms. The number of hydrogen-bond acceptors (Lipinski definition) is 5. The molecule has 0 aliphatic heterocycles. The van der Waals surface area contributed by atoms with Gasteiger partial charge in [0.05, 0.1) is 0 Å². The van der Waals surface area contributed by atoms with E-state index < -0.39 is 12.0 Å². The lowest BCUT2D eigenvalue weighted by Crippen LogP contribution is -2.25. The maximum Gasteiger partial charge on any atom is 0.325 e. The number of pyridine rings is 1. The Kier molecular flexibility index (Phi) is 5.24. The number of anilines is 1. The van der Waals surface area contributed by atoms with Crippen LogP contribution in [0, 0.1) is 0 Å². The summed E-state index contributed by atoms with van der Waals surface area (Å²) in [5.41, 5.74) is 1.58. The van der Waals surface area contributed by atoms with Crippen molar-refractivity contribution in [3.63, 3.8) is 0 Å². The molecule has 3 heterocycles. The number of carbonyl (C=O) groups is 1. The summed E-state index contributed by atoms with van der Waals surface area (Å²) < 4.78 is 0. The standard InChI is InChI=1S/C14H13N5O2.C2H6/c1-8(14(20)21)18-11-4-6-16-13(19-11)10-7-17-12-9(10)3-2-5-15-12;1-2/h2-8H,1H3,(H,15,17)(H,20,21)(H,16,18,19);1-2H3/t8-;/m0./s1. The molecule has 7 nitrogen and oxygen atoms in total. The van der Waals surface area contributed by atoms with Gasteiger partial charge in [0.2, 0.25) is 0 Å². The highest BCUT2D eigenvalue weighted by Crippen LogP contribution is 2.25. The van der Waals surface area contributed by atoms with E-state index in [0.717, 1.165) is 16.6 Å². The Morgan fingerprint density at radius 1 is 1.26 bits per heavy atom. The second kappa shape index (κ2) is 7.35. The number of aromatic amines is 1. The van der Waals surface area contributed by atoms with Crippen LogP contribution in [0.25, 0.3) is 22.4 Å². The summed E-state index contributed by atoms with van der Waals surface area (Å²) in [5, 5.41) is 12.7. The van der Waals surface area contributed by atoms with Crippen molar-refractivity contribution in [1.29, 1.82) is 0 Å². The lowest BCUT2D eigenvalue weighted by Gasteiger charge is -2.10. The zero-order valence-electron chi connectivity index (χ0n) is 13.2. The number of carboxylic acids is 1. The van der Waals surface area contributed by atoms with Crippen molar-refractivity contribution in [3.05, 3.63) is 36.8 Å². The molecule has 0 radical (unpaired) electrons. The number of H-pyrrole nitrogens is 1. The summed E-state index contributed by atoms with van der Waals surface area (Å²) in [5.74, 6) is 0.0384. The fourth-order valence-electron chi connectivity index (χ4n) is 1.99. The molecular formula is C16H19N5O2.